The van der Waals surface area contributed by atoms with Crippen molar-refractivity contribution in [3.05, 3.63) is 65.2 Å². The Bertz CT molecular complexity index is 781. The molecule has 30 heavy (non-hydrogen) atoms. The summed E-state index contributed by atoms with van der Waals surface area (Å²) in [5, 5.41) is 3.56. The Labute approximate surface area is 184 Å². The van der Waals surface area contributed by atoms with Crippen LogP contribution >= 0.6 is 11.6 Å². The van der Waals surface area contributed by atoms with Gasteiger partial charge in [0.25, 0.3) is 0 Å². The zero-order valence-corrected chi connectivity index (χ0v) is 18.5. The first-order valence-electron chi connectivity index (χ1n) is 10.5. The molecule has 0 radical (unpaired) electrons. The first kappa shape index (κ1) is 23.7. The molecule has 0 bridgehead atoms. The zero-order valence-electron chi connectivity index (χ0n) is 17.8. The second-order valence-corrected chi connectivity index (χ2v) is 7.56. The Morgan fingerprint density at radius 1 is 1.07 bits per heavy atom. The number of amides is 2. The van der Waals surface area contributed by atoms with Crippen LogP contribution in [0.25, 0.3) is 0 Å². The van der Waals surface area contributed by atoms with Gasteiger partial charge in [-0.1, -0.05) is 55.8 Å². The first-order valence-corrected chi connectivity index (χ1v) is 10.9. The topological polar surface area (TPSA) is 58.6 Å². The third-order valence-electron chi connectivity index (χ3n) is 4.75. The maximum atomic E-state index is 13.1. The maximum absolute atomic E-state index is 13.1. The highest BCUT2D eigenvalue weighted by atomic mass is 35.5. The Kier molecular flexibility index (Phi) is 10.2. The van der Waals surface area contributed by atoms with Gasteiger partial charge in [0.1, 0.15) is 11.8 Å². The Morgan fingerprint density at radius 3 is 2.40 bits per heavy atom. The lowest BCUT2D eigenvalue weighted by Crippen LogP contribution is -2.49. The molecule has 2 aromatic rings. The minimum atomic E-state index is -0.505. The van der Waals surface area contributed by atoms with Gasteiger partial charge in [0.15, 0.2) is 0 Å². The molecule has 0 aliphatic heterocycles. The second-order valence-electron chi connectivity index (χ2n) is 7.13. The van der Waals surface area contributed by atoms with Gasteiger partial charge < -0.3 is 15.0 Å². The summed E-state index contributed by atoms with van der Waals surface area (Å²) in [5.74, 6) is 0.621. The van der Waals surface area contributed by atoms with Crippen molar-refractivity contribution in [3.63, 3.8) is 0 Å². The van der Waals surface area contributed by atoms with Crippen LogP contribution in [0.15, 0.2) is 54.6 Å². The lowest BCUT2D eigenvalue weighted by atomic mass is 10.1. The average molecular weight is 431 g/mol. The summed E-state index contributed by atoms with van der Waals surface area (Å²) in [5.41, 5.74) is 0.940. The average Bonchev–Trinajstić information content (AvgIpc) is 2.77. The van der Waals surface area contributed by atoms with Gasteiger partial charge in [-0.3, -0.25) is 9.59 Å². The number of halogens is 1. The van der Waals surface area contributed by atoms with Gasteiger partial charge in [0.2, 0.25) is 11.8 Å². The molecule has 0 fully saturated rings. The number of benzene rings is 2. The monoisotopic (exact) mass is 430 g/mol. The molecule has 0 aromatic heterocycles. The summed E-state index contributed by atoms with van der Waals surface area (Å²) in [6.07, 6.45) is 2.30. The minimum Gasteiger partial charge on any atom is -0.494 e. The molecular weight excluding hydrogens is 400 g/mol. The maximum Gasteiger partial charge on any atom is 0.242 e. The van der Waals surface area contributed by atoms with Crippen LogP contribution < -0.4 is 10.1 Å². The van der Waals surface area contributed by atoms with Gasteiger partial charge in [-0.15, -0.1) is 0 Å². The molecular formula is C24H31ClN2O3. The molecule has 6 heteroatoms. The number of nitrogens with one attached hydrogen (secondary N) is 1. The zero-order chi connectivity index (χ0) is 21.8. The highest BCUT2D eigenvalue weighted by Gasteiger charge is 2.28. The van der Waals surface area contributed by atoms with Crippen molar-refractivity contribution in [1.29, 1.82) is 0 Å². The summed E-state index contributed by atoms with van der Waals surface area (Å²) in [6.45, 7) is 5.35. The van der Waals surface area contributed by atoms with Crippen LogP contribution in [-0.2, 0) is 16.1 Å². The predicted octanol–water partition coefficient (Wildman–Crippen LogP) is 4.83. The van der Waals surface area contributed by atoms with Crippen LogP contribution in [0.4, 0.5) is 0 Å². The van der Waals surface area contributed by atoms with E-state index in [9.17, 15) is 9.59 Å². The van der Waals surface area contributed by atoms with Crippen molar-refractivity contribution in [2.45, 2.75) is 52.1 Å². The largest absolute Gasteiger partial charge is 0.494 e. The van der Waals surface area contributed by atoms with Crippen molar-refractivity contribution in [2.24, 2.45) is 0 Å². The van der Waals surface area contributed by atoms with E-state index in [1.165, 1.54) is 0 Å². The van der Waals surface area contributed by atoms with E-state index in [1.54, 1.807) is 17.0 Å². The molecule has 0 aliphatic rings. The third-order valence-corrected chi connectivity index (χ3v) is 5.00. The van der Waals surface area contributed by atoms with Crippen molar-refractivity contribution in [3.8, 4) is 5.75 Å². The molecule has 0 heterocycles. The smallest absolute Gasteiger partial charge is 0.242 e. The summed E-state index contributed by atoms with van der Waals surface area (Å²) < 4.78 is 5.69. The number of ether oxygens (including phenoxy) is 1. The van der Waals surface area contributed by atoms with Crippen molar-refractivity contribution >= 4 is 23.4 Å². The van der Waals surface area contributed by atoms with Gasteiger partial charge in [-0.25, -0.2) is 0 Å². The number of para-hydroxylation sites is 1. The molecule has 1 atom stereocenters. The quantitative estimate of drug-likeness (QED) is 0.490. The van der Waals surface area contributed by atoms with Crippen molar-refractivity contribution < 1.29 is 14.3 Å². The van der Waals surface area contributed by atoms with Gasteiger partial charge >= 0.3 is 0 Å². The molecule has 2 aromatic carbocycles. The number of hydrogen-bond acceptors (Lipinski definition) is 3. The van der Waals surface area contributed by atoms with E-state index in [-0.39, 0.29) is 11.8 Å². The highest BCUT2D eigenvalue weighted by molar-refractivity contribution is 6.30. The Morgan fingerprint density at radius 2 is 1.77 bits per heavy atom. The number of hydrogen-bond donors (Lipinski definition) is 1. The number of rotatable bonds is 12. The van der Waals surface area contributed by atoms with Crippen molar-refractivity contribution in [1.82, 2.24) is 10.2 Å². The van der Waals surface area contributed by atoms with Gasteiger partial charge in [0.05, 0.1) is 6.61 Å². The van der Waals surface area contributed by atoms with E-state index in [0.29, 0.717) is 44.0 Å². The van der Waals surface area contributed by atoms with E-state index in [0.717, 1.165) is 17.7 Å². The molecule has 162 valence electrons. The number of carbonyl (C=O) groups excluding carboxylic acids is 2. The van der Waals surface area contributed by atoms with Crippen molar-refractivity contribution in [2.75, 3.05) is 13.2 Å². The summed E-state index contributed by atoms with van der Waals surface area (Å²) in [7, 11) is 0. The summed E-state index contributed by atoms with van der Waals surface area (Å²) >= 11 is 5.98. The molecule has 2 rings (SSSR count). The minimum absolute atomic E-state index is 0.0555. The predicted molar refractivity (Wildman–Crippen MR) is 121 cm³/mol. The number of nitrogens with zero attached hydrogens (tertiary/aromatic N) is 1. The molecule has 1 unspecified atom stereocenters. The normalized spacial score (nSPS) is 11.6. The van der Waals surface area contributed by atoms with Crippen LogP contribution in [0, 0.1) is 0 Å². The van der Waals surface area contributed by atoms with E-state index in [2.05, 4.69) is 5.32 Å². The van der Waals surface area contributed by atoms with E-state index in [1.807, 2.05) is 56.3 Å². The molecule has 0 spiro atoms. The lowest BCUT2D eigenvalue weighted by molar-refractivity contribution is -0.141. The Hall–Kier alpha value is -2.53. The first-order chi connectivity index (χ1) is 14.5. The van der Waals surface area contributed by atoms with Crippen LogP contribution in [0.5, 0.6) is 5.75 Å². The van der Waals surface area contributed by atoms with Gasteiger partial charge in [0, 0.05) is 24.5 Å². The molecule has 0 saturated carbocycles. The van der Waals surface area contributed by atoms with E-state index in [4.69, 9.17) is 16.3 Å². The van der Waals surface area contributed by atoms with Gasteiger partial charge in [-0.05, 0) is 49.1 Å². The van der Waals surface area contributed by atoms with Crippen LogP contribution in [-0.4, -0.2) is 35.9 Å². The molecule has 2 amide bonds. The lowest BCUT2D eigenvalue weighted by Gasteiger charge is -2.30. The van der Waals surface area contributed by atoms with Crippen LogP contribution in [0.2, 0.25) is 5.02 Å². The van der Waals surface area contributed by atoms with Crippen LogP contribution in [0.3, 0.4) is 0 Å². The second kappa shape index (κ2) is 12.9. The van der Waals surface area contributed by atoms with E-state index >= 15 is 0 Å². The van der Waals surface area contributed by atoms with Crippen LogP contribution in [0.1, 0.15) is 45.1 Å². The fraction of sp³-hybridized carbons (Fsp3) is 0.417. The molecule has 1 N–H and O–H groups in total. The van der Waals surface area contributed by atoms with E-state index < -0.39 is 6.04 Å². The highest BCUT2D eigenvalue weighted by Crippen LogP contribution is 2.17. The van der Waals surface area contributed by atoms with Gasteiger partial charge in [-0.2, -0.15) is 0 Å². The summed E-state index contributed by atoms with van der Waals surface area (Å²) in [4.78, 5) is 27.4. The molecule has 5 nitrogen and oxygen atoms in total. The number of carbonyl (C=O) groups is 2. The fourth-order valence-electron chi connectivity index (χ4n) is 3.15. The third kappa shape index (κ3) is 7.71. The SMILES string of the molecule is CCCNC(=O)C(CC)N(Cc1ccc(Cl)cc1)C(=O)CCCOc1ccccc1. The molecule has 0 saturated heterocycles. The molecule has 0 aliphatic carbocycles. The standard InChI is InChI=1S/C24H31ClN2O3/c1-3-16-26-24(29)22(4-2)27(18-19-12-14-20(25)15-13-19)23(28)11-8-17-30-21-9-6-5-7-10-21/h5-7,9-10,12-15,22H,3-4,8,11,16-18H2,1-2H3,(H,26,29). The summed E-state index contributed by atoms with van der Waals surface area (Å²) in [6, 6.07) is 16.4. The Balaban J connectivity index is 2.03. The fourth-order valence-corrected chi connectivity index (χ4v) is 3.27.